The Balaban J connectivity index is 2.39. The van der Waals surface area contributed by atoms with Gasteiger partial charge in [-0.3, -0.25) is 0 Å². The van der Waals surface area contributed by atoms with Gasteiger partial charge in [-0.05, 0) is 36.6 Å². The highest BCUT2D eigenvalue weighted by atomic mass is 19.1. The lowest BCUT2D eigenvalue weighted by Crippen LogP contribution is -2.26. The summed E-state index contributed by atoms with van der Waals surface area (Å²) < 4.78 is 33.1. The van der Waals surface area contributed by atoms with Gasteiger partial charge in [-0.15, -0.1) is 0 Å². The topological polar surface area (TPSA) is 12.5 Å². The fourth-order valence-corrected chi connectivity index (χ4v) is 3.00. The molecule has 136 valence electrons. The number of halogens is 2. The van der Waals surface area contributed by atoms with E-state index in [2.05, 4.69) is 13.8 Å². The Labute approximate surface area is 149 Å². The zero-order valence-corrected chi connectivity index (χ0v) is 15.3. The van der Waals surface area contributed by atoms with E-state index in [1.54, 1.807) is 7.11 Å². The molecule has 0 aromatic heterocycles. The predicted molar refractivity (Wildman–Crippen MR) is 99.7 cm³/mol. The van der Waals surface area contributed by atoms with E-state index in [0.717, 1.165) is 37.4 Å². The number of methoxy groups -OCH3 is 1. The van der Waals surface area contributed by atoms with Crippen molar-refractivity contribution in [1.82, 2.24) is 0 Å². The second-order valence-corrected chi connectivity index (χ2v) is 6.32. The molecule has 25 heavy (non-hydrogen) atoms. The van der Waals surface area contributed by atoms with Crippen molar-refractivity contribution in [1.29, 1.82) is 0 Å². The number of hydrogen-bond acceptors (Lipinski definition) is 2. The average molecular weight is 347 g/mol. The minimum Gasteiger partial charge on any atom is -0.497 e. The Kier molecular flexibility index (Phi) is 7.23. The Morgan fingerprint density at radius 1 is 1.08 bits per heavy atom. The Morgan fingerprint density at radius 2 is 1.88 bits per heavy atom. The summed E-state index contributed by atoms with van der Waals surface area (Å²) in [4.78, 5) is 1.93. The van der Waals surface area contributed by atoms with Gasteiger partial charge in [0.2, 0.25) is 0 Å². The van der Waals surface area contributed by atoms with Crippen molar-refractivity contribution in [2.24, 2.45) is 5.92 Å². The van der Waals surface area contributed by atoms with Gasteiger partial charge in [-0.2, -0.15) is 0 Å². The summed E-state index contributed by atoms with van der Waals surface area (Å²) >= 11 is 0. The van der Waals surface area contributed by atoms with Crippen LogP contribution in [0.2, 0.25) is 0 Å². The molecule has 1 atom stereocenters. The predicted octanol–water partition coefficient (Wildman–Crippen LogP) is 6.33. The molecule has 0 aliphatic carbocycles. The highest BCUT2D eigenvalue weighted by molar-refractivity contribution is 5.65. The number of benzene rings is 2. The van der Waals surface area contributed by atoms with Crippen molar-refractivity contribution in [3.8, 4) is 5.75 Å². The van der Waals surface area contributed by atoms with Crippen LogP contribution in [-0.2, 0) is 0 Å². The fourth-order valence-electron chi connectivity index (χ4n) is 3.00. The van der Waals surface area contributed by atoms with Crippen LogP contribution in [0.25, 0.3) is 0 Å². The molecule has 0 heterocycles. The van der Waals surface area contributed by atoms with Gasteiger partial charge in [0.15, 0.2) is 0 Å². The number of nitrogens with zero attached hydrogens (tertiary/aromatic N) is 1. The molecule has 0 saturated heterocycles. The van der Waals surface area contributed by atoms with E-state index in [1.807, 2.05) is 29.2 Å². The number of ether oxygens (including phenoxy) is 1. The summed E-state index contributed by atoms with van der Waals surface area (Å²) in [5.41, 5.74) is 1.24. The lowest BCUT2D eigenvalue weighted by Gasteiger charge is -2.30. The number of anilines is 2. The first-order valence-electron chi connectivity index (χ1n) is 8.95. The van der Waals surface area contributed by atoms with Gasteiger partial charge in [-0.1, -0.05) is 39.2 Å². The van der Waals surface area contributed by atoms with Crippen LogP contribution in [0.5, 0.6) is 5.75 Å². The molecular weight excluding hydrogens is 320 g/mol. The van der Waals surface area contributed by atoms with E-state index >= 15 is 0 Å². The zero-order valence-electron chi connectivity index (χ0n) is 15.3. The van der Waals surface area contributed by atoms with Crippen molar-refractivity contribution in [2.45, 2.75) is 39.5 Å². The molecule has 0 spiro atoms. The van der Waals surface area contributed by atoms with Crippen molar-refractivity contribution in [3.63, 3.8) is 0 Å². The molecular formula is C21H27F2NO. The van der Waals surface area contributed by atoms with Gasteiger partial charge in [0.1, 0.15) is 17.4 Å². The van der Waals surface area contributed by atoms with Crippen LogP contribution in [0.1, 0.15) is 39.5 Å². The van der Waals surface area contributed by atoms with Crippen LogP contribution < -0.4 is 9.64 Å². The minimum atomic E-state index is -0.565. The van der Waals surface area contributed by atoms with Crippen molar-refractivity contribution >= 4 is 11.4 Å². The number of unbranched alkanes of at least 4 members (excludes halogenated alkanes) is 1. The third-order valence-electron chi connectivity index (χ3n) is 4.55. The normalized spacial score (nSPS) is 12.0. The van der Waals surface area contributed by atoms with Gasteiger partial charge in [0, 0.05) is 24.4 Å². The van der Waals surface area contributed by atoms with Gasteiger partial charge in [-0.25, -0.2) is 8.78 Å². The molecule has 1 unspecified atom stereocenters. The molecule has 0 saturated carbocycles. The maximum Gasteiger partial charge on any atom is 0.149 e. The highest BCUT2D eigenvalue weighted by Gasteiger charge is 2.19. The third-order valence-corrected chi connectivity index (χ3v) is 4.55. The molecule has 2 rings (SSSR count). The zero-order chi connectivity index (χ0) is 18.2. The first-order chi connectivity index (χ1) is 12.1. The molecule has 0 bridgehead atoms. The van der Waals surface area contributed by atoms with E-state index in [9.17, 15) is 8.78 Å². The van der Waals surface area contributed by atoms with Crippen LogP contribution in [0.4, 0.5) is 20.2 Å². The molecule has 2 aromatic carbocycles. The second kappa shape index (κ2) is 9.40. The molecule has 0 aliphatic rings. The second-order valence-electron chi connectivity index (χ2n) is 6.32. The molecule has 0 fully saturated rings. The summed E-state index contributed by atoms with van der Waals surface area (Å²) in [6, 6.07) is 11.3. The molecule has 2 aromatic rings. The standard InChI is InChI=1S/C21H27F2NO/c1-4-6-8-16(5-2)15-24(18-9-7-10-19(14-18)25-3)21-12-11-17(22)13-20(21)23/h7,9-14,16H,4-6,8,15H2,1-3H3. The van der Waals surface area contributed by atoms with Crippen molar-refractivity contribution in [3.05, 3.63) is 54.1 Å². The molecule has 0 N–H and O–H groups in total. The van der Waals surface area contributed by atoms with E-state index in [1.165, 1.54) is 12.1 Å². The van der Waals surface area contributed by atoms with Crippen LogP contribution >= 0.6 is 0 Å². The van der Waals surface area contributed by atoms with Crippen LogP contribution in [-0.4, -0.2) is 13.7 Å². The van der Waals surface area contributed by atoms with Crippen LogP contribution in [0, 0.1) is 17.6 Å². The van der Waals surface area contributed by atoms with Gasteiger partial charge in [0.05, 0.1) is 12.8 Å². The van der Waals surface area contributed by atoms with Crippen molar-refractivity contribution in [2.75, 3.05) is 18.6 Å². The largest absolute Gasteiger partial charge is 0.497 e. The van der Waals surface area contributed by atoms with E-state index in [-0.39, 0.29) is 0 Å². The number of hydrogen-bond donors (Lipinski definition) is 0. The van der Waals surface area contributed by atoms with E-state index < -0.39 is 11.6 Å². The van der Waals surface area contributed by atoms with Gasteiger partial charge >= 0.3 is 0 Å². The summed E-state index contributed by atoms with van der Waals surface area (Å²) in [7, 11) is 1.61. The molecule has 2 nitrogen and oxygen atoms in total. The maximum atomic E-state index is 14.5. The highest BCUT2D eigenvalue weighted by Crippen LogP contribution is 2.32. The van der Waals surface area contributed by atoms with E-state index in [0.29, 0.717) is 23.9 Å². The lowest BCUT2D eigenvalue weighted by molar-refractivity contribution is 0.414. The minimum absolute atomic E-state index is 0.393. The third kappa shape index (κ3) is 5.18. The SMILES string of the molecule is CCCCC(CC)CN(c1cccc(OC)c1)c1ccc(F)cc1F. The summed E-state index contributed by atoms with van der Waals surface area (Å²) in [6.07, 6.45) is 4.40. The fraction of sp³-hybridized carbons (Fsp3) is 0.429. The Hall–Kier alpha value is -2.10. The molecule has 0 amide bonds. The Bertz CT molecular complexity index is 675. The van der Waals surface area contributed by atoms with Gasteiger partial charge in [0.25, 0.3) is 0 Å². The lowest BCUT2D eigenvalue weighted by atomic mass is 9.98. The van der Waals surface area contributed by atoms with Crippen LogP contribution in [0.15, 0.2) is 42.5 Å². The number of rotatable bonds is 9. The van der Waals surface area contributed by atoms with Crippen LogP contribution in [0.3, 0.4) is 0 Å². The molecule has 0 radical (unpaired) electrons. The first-order valence-corrected chi connectivity index (χ1v) is 8.95. The molecule has 0 aliphatic heterocycles. The average Bonchev–Trinajstić information content (AvgIpc) is 2.63. The first kappa shape index (κ1) is 19.2. The smallest absolute Gasteiger partial charge is 0.149 e. The summed E-state index contributed by atoms with van der Waals surface area (Å²) in [5, 5.41) is 0. The summed E-state index contributed by atoms with van der Waals surface area (Å²) in [5.74, 6) is 0.0419. The van der Waals surface area contributed by atoms with E-state index in [4.69, 9.17) is 4.74 Å². The van der Waals surface area contributed by atoms with Crippen molar-refractivity contribution < 1.29 is 13.5 Å². The quantitative estimate of drug-likeness (QED) is 0.526. The molecule has 4 heteroatoms. The maximum absolute atomic E-state index is 14.5. The Morgan fingerprint density at radius 3 is 2.52 bits per heavy atom. The summed E-state index contributed by atoms with van der Waals surface area (Å²) in [6.45, 7) is 5.02. The monoisotopic (exact) mass is 347 g/mol. The van der Waals surface area contributed by atoms with Gasteiger partial charge < -0.3 is 9.64 Å².